The second-order valence-corrected chi connectivity index (χ2v) is 44.1. The standard InChI is InChI=1S/C38H74O12Si8/c1-16-17-19-37-20-18-21-38(22-37)58-48-55(27-34(10)11)42-52(24-31(4)5)39-51(23-30(2)3)40-53(44-55,25-32(6)7)46-57(50-58,29-36(14)15)47-54(41-51,26-33(8)9)45-56(43-52,49-58)28-35(12)13/h17-22,30-36H,16,23-29H2,1-15H3. The molecule has 0 saturated carbocycles. The molecule has 0 radical (unpaired) electrons. The summed E-state index contributed by atoms with van der Waals surface area (Å²) in [6.07, 6.45) is 5.18. The molecule has 0 atom stereocenters. The van der Waals surface area contributed by atoms with Crippen molar-refractivity contribution in [2.45, 2.75) is 153 Å². The van der Waals surface area contributed by atoms with Crippen LogP contribution in [-0.4, -0.2) is 70.4 Å². The van der Waals surface area contributed by atoms with Crippen LogP contribution >= 0.6 is 0 Å². The van der Waals surface area contributed by atoms with E-state index < -0.39 is 70.4 Å². The van der Waals surface area contributed by atoms with Crippen molar-refractivity contribution in [3.05, 3.63) is 35.9 Å². The largest absolute Gasteiger partial charge is 0.515 e. The fourth-order valence-corrected chi connectivity index (χ4v) is 59.9. The topological polar surface area (TPSA) is 111 Å². The first-order valence-electron chi connectivity index (χ1n) is 22.1. The van der Waals surface area contributed by atoms with E-state index >= 15 is 0 Å². The molecule has 0 spiro atoms. The first kappa shape index (κ1) is 47.7. The molecule has 0 N–H and O–H groups in total. The summed E-state index contributed by atoms with van der Waals surface area (Å²) in [6, 6.07) is 11.6. The molecule has 7 rings (SSSR count). The summed E-state index contributed by atoms with van der Waals surface area (Å²) in [4.78, 5) is 0. The van der Waals surface area contributed by atoms with Gasteiger partial charge in [-0.2, -0.15) is 0 Å². The van der Waals surface area contributed by atoms with E-state index in [-0.39, 0.29) is 41.4 Å². The van der Waals surface area contributed by atoms with Crippen molar-refractivity contribution < 1.29 is 49.4 Å². The molecule has 20 heteroatoms. The van der Waals surface area contributed by atoms with Crippen LogP contribution in [0.25, 0.3) is 6.08 Å². The van der Waals surface area contributed by atoms with Gasteiger partial charge in [-0.15, -0.1) is 0 Å². The van der Waals surface area contributed by atoms with Crippen molar-refractivity contribution in [2.75, 3.05) is 0 Å². The maximum Gasteiger partial charge on any atom is 0.515 e. The van der Waals surface area contributed by atoms with Gasteiger partial charge in [0, 0.05) is 47.5 Å². The predicted octanol–water partition coefficient (Wildman–Crippen LogP) is 9.69. The zero-order valence-electron chi connectivity index (χ0n) is 38.1. The molecule has 0 aliphatic carbocycles. The SMILES string of the molecule is CCC=Cc1cccc([Si]23O[Si]4(CC(C)C)O[Si]5(CC(C)C)O[Si]6(CC(C)C)O[Si](CC(C)C)(O4)O[Si](CC(C)C)(O[Si](CC(C)C)(O6)O[Si](CC(C)C)(O5)O2)O3)c1. The van der Waals surface area contributed by atoms with Crippen LogP contribution in [0.15, 0.2) is 30.3 Å². The first-order valence-corrected chi connectivity index (χ1v) is 37.4. The van der Waals surface area contributed by atoms with Gasteiger partial charge in [-0.05, 0) is 59.5 Å². The summed E-state index contributed by atoms with van der Waals surface area (Å²) in [5.74, 6) is 0.743. The lowest BCUT2D eigenvalue weighted by Crippen LogP contribution is -2.90. The maximum absolute atomic E-state index is 7.95. The fraction of sp³-hybridized carbons (Fsp3) is 0.789. The summed E-state index contributed by atoms with van der Waals surface area (Å²) in [6.45, 7) is 32.5. The Bertz CT molecular complexity index is 1460. The highest BCUT2D eigenvalue weighted by atomic mass is 28.6. The molecule has 0 amide bonds. The zero-order valence-corrected chi connectivity index (χ0v) is 46.1. The van der Waals surface area contributed by atoms with Crippen LogP contribution in [-0.2, 0) is 49.4 Å². The van der Waals surface area contributed by atoms with E-state index in [4.69, 9.17) is 49.4 Å². The van der Waals surface area contributed by atoms with Crippen LogP contribution in [0.4, 0.5) is 0 Å². The highest BCUT2D eigenvalue weighted by Gasteiger charge is 2.83. The first-order chi connectivity index (χ1) is 26.9. The second kappa shape index (κ2) is 17.6. The van der Waals surface area contributed by atoms with Gasteiger partial charge in [0.05, 0.1) is 0 Å². The molecule has 6 aliphatic heterocycles. The lowest BCUT2D eigenvalue weighted by molar-refractivity contribution is -0.0309. The molecular weight excluding hydrogens is 873 g/mol. The predicted molar refractivity (Wildman–Crippen MR) is 242 cm³/mol. The Balaban J connectivity index is 1.80. The van der Waals surface area contributed by atoms with Gasteiger partial charge in [0.2, 0.25) is 0 Å². The average Bonchev–Trinajstić information content (AvgIpc) is 2.97. The smallest absolute Gasteiger partial charge is 0.373 e. The lowest BCUT2D eigenvalue weighted by Gasteiger charge is -2.64. The third-order valence-corrected chi connectivity index (χ3v) is 49.6. The van der Waals surface area contributed by atoms with Crippen molar-refractivity contribution in [2.24, 2.45) is 41.4 Å². The van der Waals surface area contributed by atoms with Gasteiger partial charge < -0.3 is 49.4 Å². The van der Waals surface area contributed by atoms with Crippen LogP contribution in [0.1, 0.15) is 116 Å². The van der Waals surface area contributed by atoms with Crippen LogP contribution in [0.2, 0.25) is 42.3 Å². The molecule has 8 bridgehead atoms. The van der Waals surface area contributed by atoms with Gasteiger partial charge >= 0.3 is 70.4 Å². The third-order valence-electron chi connectivity index (χ3n) is 10.1. The molecule has 1 aromatic carbocycles. The van der Waals surface area contributed by atoms with Crippen molar-refractivity contribution in [1.82, 2.24) is 0 Å². The van der Waals surface area contributed by atoms with E-state index in [1.54, 1.807) is 0 Å². The Morgan fingerprint density at radius 3 is 0.897 bits per heavy atom. The highest BCUT2D eigenvalue weighted by Crippen LogP contribution is 2.55. The monoisotopic (exact) mass is 946 g/mol. The van der Waals surface area contributed by atoms with Crippen LogP contribution < -0.4 is 5.19 Å². The summed E-state index contributed by atoms with van der Waals surface area (Å²) >= 11 is 0. The van der Waals surface area contributed by atoms with Gasteiger partial charge in [0.25, 0.3) is 0 Å². The quantitative estimate of drug-likeness (QED) is 0.139. The van der Waals surface area contributed by atoms with Gasteiger partial charge in [-0.25, -0.2) is 0 Å². The summed E-state index contributed by atoms with van der Waals surface area (Å²) in [5, 5.41) is 0.772. The number of rotatable bonds is 17. The Morgan fingerprint density at radius 1 is 0.397 bits per heavy atom. The van der Waals surface area contributed by atoms with Gasteiger partial charge in [-0.1, -0.05) is 134 Å². The van der Waals surface area contributed by atoms with E-state index in [0.717, 1.165) is 17.2 Å². The summed E-state index contributed by atoms with van der Waals surface area (Å²) in [5.41, 5.74) is 1.00. The van der Waals surface area contributed by atoms with E-state index in [1.807, 2.05) is 6.07 Å². The fourth-order valence-electron chi connectivity index (χ4n) is 8.88. The molecule has 12 nitrogen and oxygen atoms in total. The summed E-state index contributed by atoms with van der Waals surface area (Å²) < 4.78 is 94.5. The van der Waals surface area contributed by atoms with E-state index in [1.165, 1.54) is 0 Å². The molecule has 6 heterocycles. The molecule has 6 aliphatic rings. The van der Waals surface area contributed by atoms with Crippen molar-refractivity contribution in [1.29, 1.82) is 0 Å². The maximum atomic E-state index is 7.95. The van der Waals surface area contributed by atoms with E-state index in [9.17, 15) is 0 Å². The molecule has 6 fully saturated rings. The van der Waals surface area contributed by atoms with E-state index in [2.05, 4.69) is 134 Å². The Kier molecular flexibility index (Phi) is 14.5. The summed E-state index contributed by atoms with van der Waals surface area (Å²) in [7, 11) is -32.1. The van der Waals surface area contributed by atoms with Crippen LogP contribution in [0.3, 0.4) is 0 Å². The molecule has 1 aromatic rings. The lowest BCUT2D eigenvalue weighted by atomic mass is 10.2. The second-order valence-electron chi connectivity index (χ2n) is 20.2. The van der Waals surface area contributed by atoms with Gasteiger partial charge in [0.1, 0.15) is 0 Å². The van der Waals surface area contributed by atoms with Crippen LogP contribution in [0.5, 0.6) is 0 Å². The Hall–Kier alpha value is 0.215. The minimum atomic E-state index is -4.27. The molecule has 0 aromatic heterocycles. The molecule has 0 unspecified atom stereocenters. The van der Waals surface area contributed by atoms with E-state index in [0.29, 0.717) is 42.3 Å². The number of hydrogen-bond donors (Lipinski definition) is 0. The molecule has 58 heavy (non-hydrogen) atoms. The number of hydrogen-bond acceptors (Lipinski definition) is 12. The Morgan fingerprint density at radius 2 is 0.655 bits per heavy atom. The molecule has 6 saturated heterocycles. The van der Waals surface area contributed by atoms with Gasteiger partial charge in [0.15, 0.2) is 0 Å². The zero-order chi connectivity index (χ0) is 42.6. The van der Waals surface area contributed by atoms with Crippen molar-refractivity contribution >= 4 is 81.7 Å². The number of allylic oxidation sites excluding steroid dienone is 1. The molecular formula is C38H74O12Si8. The number of benzene rings is 1. The van der Waals surface area contributed by atoms with Crippen LogP contribution in [0, 0.1) is 41.4 Å². The Labute approximate surface area is 359 Å². The normalized spacial score (nSPS) is 38.9. The average molecular weight is 948 g/mol. The molecule has 330 valence electrons. The minimum Gasteiger partial charge on any atom is -0.373 e. The third kappa shape index (κ3) is 10.6. The minimum absolute atomic E-state index is 0.0932. The van der Waals surface area contributed by atoms with Gasteiger partial charge in [-0.3, -0.25) is 0 Å². The van der Waals surface area contributed by atoms with Crippen molar-refractivity contribution in [3.8, 4) is 0 Å². The van der Waals surface area contributed by atoms with Crippen molar-refractivity contribution in [3.63, 3.8) is 0 Å². The highest BCUT2D eigenvalue weighted by molar-refractivity contribution is 7.05.